The summed E-state index contributed by atoms with van der Waals surface area (Å²) in [5.41, 5.74) is 6.71. The Kier molecular flexibility index (Phi) is 5.21. The van der Waals surface area contributed by atoms with E-state index in [2.05, 4.69) is 24.2 Å². The molecule has 0 aliphatic heterocycles. The fourth-order valence-electron chi connectivity index (χ4n) is 1.70. The van der Waals surface area contributed by atoms with Crippen LogP contribution in [0.15, 0.2) is 59.6 Å². The van der Waals surface area contributed by atoms with Crippen LogP contribution in [0.1, 0.15) is 13.8 Å². The average Bonchev–Trinajstić information content (AvgIpc) is 2.48. The number of guanidine groups is 1. The second-order valence-corrected chi connectivity index (χ2v) is 5.18. The van der Waals surface area contributed by atoms with Crippen molar-refractivity contribution in [2.45, 2.75) is 13.8 Å². The number of para-hydroxylation sites is 1. The third kappa shape index (κ3) is 5.18. The van der Waals surface area contributed by atoms with Gasteiger partial charge in [-0.15, -0.1) is 0 Å². The molecular formula is C17H21N3O. The first-order chi connectivity index (χ1) is 10.1. The molecule has 0 aromatic heterocycles. The molecule has 0 aliphatic rings. The van der Waals surface area contributed by atoms with E-state index in [0.29, 0.717) is 18.4 Å². The largest absolute Gasteiger partial charge is 0.457 e. The van der Waals surface area contributed by atoms with Gasteiger partial charge < -0.3 is 15.8 Å². The Hall–Kier alpha value is -2.49. The number of nitrogens with two attached hydrogens (primary N) is 1. The lowest BCUT2D eigenvalue weighted by atomic mass is 10.2. The topological polar surface area (TPSA) is 59.6 Å². The number of hydrogen-bond acceptors (Lipinski definition) is 2. The maximum Gasteiger partial charge on any atom is 0.193 e. The highest BCUT2D eigenvalue weighted by Gasteiger charge is 1.99. The highest BCUT2D eigenvalue weighted by atomic mass is 16.5. The molecule has 0 amide bonds. The zero-order chi connectivity index (χ0) is 15.1. The summed E-state index contributed by atoms with van der Waals surface area (Å²) in [5.74, 6) is 2.52. The maximum absolute atomic E-state index is 5.82. The van der Waals surface area contributed by atoms with E-state index in [1.807, 2.05) is 54.6 Å². The third-order valence-corrected chi connectivity index (χ3v) is 2.73. The van der Waals surface area contributed by atoms with Gasteiger partial charge in [0.2, 0.25) is 0 Å². The van der Waals surface area contributed by atoms with E-state index in [9.17, 15) is 0 Å². The van der Waals surface area contributed by atoms with Crippen molar-refractivity contribution in [3.8, 4) is 11.5 Å². The minimum absolute atomic E-state index is 0.431. The van der Waals surface area contributed by atoms with Crippen LogP contribution >= 0.6 is 0 Å². The van der Waals surface area contributed by atoms with Gasteiger partial charge >= 0.3 is 0 Å². The van der Waals surface area contributed by atoms with E-state index >= 15 is 0 Å². The summed E-state index contributed by atoms with van der Waals surface area (Å²) in [6.45, 7) is 4.92. The highest BCUT2D eigenvalue weighted by Crippen LogP contribution is 2.22. The molecule has 0 saturated heterocycles. The van der Waals surface area contributed by atoms with Gasteiger partial charge in [0.1, 0.15) is 11.5 Å². The molecule has 3 N–H and O–H groups in total. The first-order valence-electron chi connectivity index (χ1n) is 7.03. The fraction of sp³-hybridized carbons (Fsp3) is 0.235. The number of nitrogens with one attached hydrogen (secondary N) is 1. The van der Waals surface area contributed by atoms with Crippen LogP contribution in [0.2, 0.25) is 0 Å². The first kappa shape index (κ1) is 14.9. The Morgan fingerprint density at radius 1 is 1.05 bits per heavy atom. The number of anilines is 1. The van der Waals surface area contributed by atoms with Crippen molar-refractivity contribution in [3.05, 3.63) is 54.6 Å². The highest BCUT2D eigenvalue weighted by molar-refractivity contribution is 5.92. The van der Waals surface area contributed by atoms with E-state index in [1.54, 1.807) is 0 Å². The van der Waals surface area contributed by atoms with Crippen LogP contribution in [-0.4, -0.2) is 12.5 Å². The van der Waals surface area contributed by atoms with Crippen molar-refractivity contribution in [1.82, 2.24) is 0 Å². The number of nitrogens with zero attached hydrogens (tertiary/aromatic N) is 1. The van der Waals surface area contributed by atoms with E-state index < -0.39 is 0 Å². The van der Waals surface area contributed by atoms with Crippen molar-refractivity contribution in [3.63, 3.8) is 0 Å². The fourth-order valence-corrected chi connectivity index (χ4v) is 1.70. The van der Waals surface area contributed by atoms with Gasteiger partial charge in [-0.05, 0) is 42.3 Å². The molecule has 0 aliphatic carbocycles. The zero-order valence-corrected chi connectivity index (χ0v) is 12.4. The van der Waals surface area contributed by atoms with Gasteiger partial charge in [0, 0.05) is 12.2 Å². The third-order valence-electron chi connectivity index (χ3n) is 2.73. The van der Waals surface area contributed by atoms with E-state index in [4.69, 9.17) is 10.5 Å². The standard InChI is InChI=1S/C17H21N3O/c1-13(2)12-19-17(18)20-14-8-10-16(11-9-14)21-15-6-4-3-5-7-15/h3-11,13H,12H2,1-2H3,(H3,18,19,20). The predicted molar refractivity (Wildman–Crippen MR) is 87.9 cm³/mol. The number of benzene rings is 2. The molecule has 0 atom stereocenters. The summed E-state index contributed by atoms with van der Waals surface area (Å²) in [5, 5.41) is 3.06. The van der Waals surface area contributed by atoms with Gasteiger partial charge in [-0.2, -0.15) is 0 Å². The van der Waals surface area contributed by atoms with Crippen molar-refractivity contribution in [2.24, 2.45) is 16.6 Å². The molecule has 2 aromatic carbocycles. The van der Waals surface area contributed by atoms with Gasteiger partial charge in [-0.25, -0.2) is 0 Å². The van der Waals surface area contributed by atoms with Crippen molar-refractivity contribution >= 4 is 11.6 Å². The molecule has 0 bridgehead atoms. The lowest BCUT2D eigenvalue weighted by Crippen LogP contribution is -2.23. The number of ether oxygens (including phenoxy) is 1. The summed E-state index contributed by atoms with van der Waals surface area (Å²) in [4.78, 5) is 4.26. The van der Waals surface area contributed by atoms with E-state index in [0.717, 1.165) is 17.2 Å². The molecule has 4 nitrogen and oxygen atoms in total. The smallest absolute Gasteiger partial charge is 0.193 e. The van der Waals surface area contributed by atoms with Gasteiger partial charge in [0.05, 0.1) is 0 Å². The molecule has 2 rings (SSSR count). The normalized spacial score (nSPS) is 11.5. The molecule has 4 heteroatoms. The summed E-state index contributed by atoms with van der Waals surface area (Å²) >= 11 is 0. The first-order valence-corrected chi connectivity index (χ1v) is 7.03. The number of rotatable bonds is 5. The zero-order valence-electron chi connectivity index (χ0n) is 12.4. The van der Waals surface area contributed by atoms with Gasteiger partial charge in [0.25, 0.3) is 0 Å². The number of aliphatic imine (C=N–C) groups is 1. The summed E-state index contributed by atoms with van der Waals surface area (Å²) in [6.07, 6.45) is 0. The second kappa shape index (κ2) is 7.33. The Bertz CT molecular complexity index is 577. The van der Waals surface area contributed by atoms with Gasteiger partial charge in [-0.3, -0.25) is 4.99 Å². The summed E-state index contributed by atoms with van der Waals surface area (Å²) < 4.78 is 5.73. The minimum atomic E-state index is 0.431. The summed E-state index contributed by atoms with van der Waals surface area (Å²) in [7, 11) is 0. The van der Waals surface area contributed by atoms with Crippen LogP contribution < -0.4 is 15.8 Å². The molecule has 21 heavy (non-hydrogen) atoms. The van der Waals surface area contributed by atoms with Crippen molar-refractivity contribution in [1.29, 1.82) is 0 Å². The maximum atomic E-state index is 5.82. The minimum Gasteiger partial charge on any atom is -0.457 e. The average molecular weight is 283 g/mol. The lowest BCUT2D eigenvalue weighted by molar-refractivity contribution is 0.483. The van der Waals surface area contributed by atoms with E-state index in [-0.39, 0.29) is 0 Å². The van der Waals surface area contributed by atoms with Crippen LogP contribution in [0.5, 0.6) is 11.5 Å². The molecule has 2 aromatic rings. The molecule has 110 valence electrons. The second-order valence-electron chi connectivity index (χ2n) is 5.18. The Morgan fingerprint density at radius 3 is 2.29 bits per heavy atom. The molecule has 0 saturated carbocycles. The molecular weight excluding hydrogens is 262 g/mol. The van der Waals surface area contributed by atoms with Crippen LogP contribution in [0.4, 0.5) is 5.69 Å². The number of hydrogen-bond donors (Lipinski definition) is 2. The molecule has 0 unspecified atom stereocenters. The van der Waals surface area contributed by atoms with E-state index in [1.165, 1.54) is 0 Å². The van der Waals surface area contributed by atoms with Crippen molar-refractivity contribution < 1.29 is 4.74 Å². The Balaban J connectivity index is 1.94. The Morgan fingerprint density at radius 2 is 1.67 bits per heavy atom. The van der Waals surface area contributed by atoms with Crippen LogP contribution in [-0.2, 0) is 0 Å². The quantitative estimate of drug-likeness (QED) is 0.647. The molecule has 0 radical (unpaired) electrons. The van der Waals surface area contributed by atoms with Gasteiger partial charge in [0.15, 0.2) is 5.96 Å². The van der Waals surface area contributed by atoms with Gasteiger partial charge in [-0.1, -0.05) is 32.0 Å². The molecule has 0 fully saturated rings. The van der Waals surface area contributed by atoms with Crippen molar-refractivity contribution in [2.75, 3.05) is 11.9 Å². The summed E-state index contributed by atoms with van der Waals surface area (Å²) in [6, 6.07) is 17.3. The van der Waals surface area contributed by atoms with Crippen LogP contribution in [0.25, 0.3) is 0 Å². The predicted octanol–water partition coefficient (Wildman–Crippen LogP) is 3.86. The SMILES string of the molecule is CC(C)CN=C(N)Nc1ccc(Oc2ccccc2)cc1. The monoisotopic (exact) mass is 283 g/mol. The lowest BCUT2D eigenvalue weighted by Gasteiger charge is -2.09. The Labute approximate surface area is 125 Å². The van der Waals surface area contributed by atoms with Crippen LogP contribution in [0, 0.1) is 5.92 Å². The molecule has 0 spiro atoms. The molecule has 0 heterocycles. The van der Waals surface area contributed by atoms with Crippen LogP contribution in [0.3, 0.4) is 0 Å².